The molecule has 2 aromatic rings. The average Bonchev–Trinajstić information content (AvgIpc) is 3.00. The lowest BCUT2D eigenvalue weighted by atomic mass is 9.83. The van der Waals surface area contributed by atoms with Gasteiger partial charge >= 0.3 is 0 Å². The molecule has 0 bridgehead atoms. The van der Waals surface area contributed by atoms with Crippen molar-refractivity contribution in [1.82, 2.24) is 19.7 Å². The summed E-state index contributed by atoms with van der Waals surface area (Å²) in [7, 11) is -2.17. The van der Waals surface area contributed by atoms with E-state index in [0.29, 0.717) is 11.7 Å². The maximum absolute atomic E-state index is 12.5. The summed E-state index contributed by atoms with van der Waals surface area (Å²) >= 11 is 0. The number of sulfonamides is 1. The summed E-state index contributed by atoms with van der Waals surface area (Å²) in [5, 5.41) is 10.8. The highest BCUT2D eigenvalue weighted by atomic mass is 32.2. The number of aromatic nitrogens is 3. The van der Waals surface area contributed by atoms with Gasteiger partial charge in [-0.2, -0.15) is 9.82 Å². The van der Waals surface area contributed by atoms with Gasteiger partial charge in [0.1, 0.15) is 16.4 Å². The summed E-state index contributed by atoms with van der Waals surface area (Å²) in [6.45, 7) is 4.53. The molecule has 1 fully saturated rings. The molecule has 26 heavy (non-hydrogen) atoms. The van der Waals surface area contributed by atoms with Crippen LogP contribution in [0, 0.1) is 13.8 Å². The molecule has 0 radical (unpaired) electrons. The van der Waals surface area contributed by atoms with Crippen LogP contribution in [-0.4, -0.2) is 35.3 Å². The van der Waals surface area contributed by atoms with E-state index < -0.39 is 22.0 Å². The molecule has 142 valence electrons. The number of nitrogens with zero attached hydrogens (tertiary/aromatic N) is 3. The van der Waals surface area contributed by atoms with Crippen LogP contribution in [0.15, 0.2) is 15.5 Å². The fraction of sp³-hybridized carbons (Fsp3) is 0.562. The summed E-state index contributed by atoms with van der Waals surface area (Å²) in [5.74, 6) is 0.700. The largest absolute Gasteiger partial charge is 0.360 e. The number of rotatable bonds is 6. The second-order valence-electron chi connectivity index (χ2n) is 6.69. The molecule has 1 saturated carbocycles. The van der Waals surface area contributed by atoms with Crippen molar-refractivity contribution < 1.29 is 17.7 Å². The van der Waals surface area contributed by atoms with Crippen LogP contribution in [0.1, 0.15) is 49.3 Å². The number of carbonyl (C=O) groups is 1. The third-order valence-corrected chi connectivity index (χ3v) is 6.42. The molecule has 0 saturated heterocycles. The lowest BCUT2D eigenvalue weighted by Gasteiger charge is -2.22. The number of nitrogens with one attached hydrogen (secondary N) is 2. The topological polar surface area (TPSA) is 119 Å². The molecule has 1 amide bonds. The number of aryl methyl sites for hydroxylation is 3. The molecule has 1 atom stereocenters. The quantitative estimate of drug-likeness (QED) is 0.784. The minimum Gasteiger partial charge on any atom is -0.360 e. The molecule has 1 aliphatic carbocycles. The van der Waals surface area contributed by atoms with Crippen molar-refractivity contribution in [3.63, 3.8) is 0 Å². The predicted molar refractivity (Wildman–Crippen MR) is 94.2 cm³/mol. The van der Waals surface area contributed by atoms with E-state index in [1.54, 1.807) is 11.7 Å². The van der Waals surface area contributed by atoms with Crippen LogP contribution in [0.3, 0.4) is 0 Å². The molecule has 3 rings (SSSR count). The second-order valence-corrected chi connectivity index (χ2v) is 8.34. The number of carbonyl (C=O) groups excluding carboxylic acids is 1. The maximum atomic E-state index is 12.5. The van der Waals surface area contributed by atoms with Gasteiger partial charge in [-0.1, -0.05) is 11.6 Å². The Morgan fingerprint density at radius 1 is 1.38 bits per heavy atom. The van der Waals surface area contributed by atoms with Crippen LogP contribution in [0.2, 0.25) is 0 Å². The molecule has 1 aliphatic rings. The minimum absolute atomic E-state index is 0.0371. The van der Waals surface area contributed by atoms with Gasteiger partial charge < -0.3 is 9.84 Å². The lowest BCUT2D eigenvalue weighted by Crippen LogP contribution is -2.42. The summed E-state index contributed by atoms with van der Waals surface area (Å²) in [6, 6.07) is 0.868. The molecule has 10 heteroatoms. The molecule has 2 aromatic heterocycles. The first-order valence-electron chi connectivity index (χ1n) is 8.49. The standard InChI is InChI=1S/C16H23N5O4S/c1-9-15(11(3)25-19-9)26(23,24)20-10(2)16(22)17-14-8-13(18-21(14)4)12-6-5-7-12/h8,10,12,20H,5-7H2,1-4H3,(H,17,22)/t10-/m0/s1. The van der Waals surface area contributed by atoms with Crippen molar-refractivity contribution in [2.75, 3.05) is 5.32 Å². The molecule has 2 heterocycles. The predicted octanol–water partition coefficient (Wildman–Crippen LogP) is 1.60. The third-order valence-electron chi connectivity index (χ3n) is 4.64. The Morgan fingerprint density at radius 3 is 2.62 bits per heavy atom. The van der Waals surface area contributed by atoms with Gasteiger partial charge in [0, 0.05) is 19.0 Å². The van der Waals surface area contributed by atoms with E-state index in [0.717, 1.165) is 18.5 Å². The van der Waals surface area contributed by atoms with Crippen LogP contribution in [0.5, 0.6) is 0 Å². The Balaban J connectivity index is 1.69. The maximum Gasteiger partial charge on any atom is 0.246 e. The fourth-order valence-corrected chi connectivity index (χ4v) is 4.48. The average molecular weight is 381 g/mol. The Bertz CT molecular complexity index is 907. The van der Waals surface area contributed by atoms with Crippen molar-refractivity contribution in [2.24, 2.45) is 7.05 Å². The van der Waals surface area contributed by atoms with Crippen molar-refractivity contribution in [1.29, 1.82) is 0 Å². The van der Waals surface area contributed by atoms with Crippen LogP contribution >= 0.6 is 0 Å². The molecule has 0 spiro atoms. The van der Waals surface area contributed by atoms with Crippen molar-refractivity contribution in [3.8, 4) is 0 Å². The lowest BCUT2D eigenvalue weighted by molar-refractivity contribution is -0.117. The van der Waals surface area contributed by atoms with E-state index in [2.05, 4.69) is 20.3 Å². The molecule has 0 aromatic carbocycles. The molecule has 9 nitrogen and oxygen atoms in total. The van der Waals surface area contributed by atoms with Crippen LogP contribution < -0.4 is 10.0 Å². The summed E-state index contributed by atoms with van der Waals surface area (Å²) in [4.78, 5) is 12.4. The zero-order valence-electron chi connectivity index (χ0n) is 15.2. The Hall–Kier alpha value is -2.20. The van der Waals surface area contributed by atoms with E-state index in [1.165, 1.54) is 27.2 Å². The first-order valence-corrected chi connectivity index (χ1v) is 9.97. The van der Waals surface area contributed by atoms with Gasteiger partial charge in [-0.3, -0.25) is 9.48 Å². The Morgan fingerprint density at radius 2 is 2.08 bits per heavy atom. The van der Waals surface area contributed by atoms with Crippen molar-refractivity contribution >= 4 is 21.7 Å². The summed E-state index contributed by atoms with van der Waals surface area (Å²) in [6.07, 6.45) is 3.42. The fourth-order valence-electron chi connectivity index (χ4n) is 2.95. The smallest absolute Gasteiger partial charge is 0.246 e. The van der Waals surface area contributed by atoms with Crippen LogP contribution in [-0.2, 0) is 21.9 Å². The highest BCUT2D eigenvalue weighted by Gasteiger charge is 2.29. The minimum atomic E-state index is -3.92. The first kappa shape index (κ1) is 18.6. The molecule has 2 N–H and O–H groups in total. The summed E-state index contributed by atoms with van der Waals surface area (Å²) < 4.78 is 33.9. The van der Waals surface area contributed by atoms with Crippen LogP contribution in [0.4, 0.5) is 5.82 Å². The van der Waals surface area contributed by atoms with Gasteiger partial charge in [-0.15, -0.1) is 0 Å². The van der Waals surface area contributed by atoms with E-state index >= 15 is 0 Å². The van der Waals surface area contributed by atoms with Gasteiger partial charge in [-0.05, 0) is 33.6 Å². The Kier molecular flexibility index (Phi) is 4.89. The molecular formula is C16H23N5O4S. The monoisotopic (exact) mass is 381 g/mol. The zero-order chi connectivity index (χ0) is 19.1. The zero-order valence-corrected chi connectivity index (χ0v) is 16.1. The van der Waals surface area contributed by atoms with Crippen molar-refractivity contribution in [2.45, 2.75) is 56.9 Å². The number of anilines is 1. The number of hydrogen-bond acceptors (Lipinski definition) is 6. The van der Waals surface area contributed by atoms with E-state index in [9.17, 15) is 13.2 Å². The van der Waals surface area contributed by atoms with Crippen LogP contribution in [0.25, 0.3) is 0 Å². The highest BCUT2D eigenvalue weighted by molar-refractivity contribution is 7.89. The van der Waals surface area contributed by atoms with E-state index in [4.69, 9.17) is 4.52 Å². The highest BCUT2D eigenvalue weighted by Crippen LogP contribution is 2.36. The van der Waals surface area contributed by atoms with Gasteiger partial charge in [-0.25, -0.2) is 8.42 Å². The van der Waals surface area contributed by atoms with Gasteiger partial charge in [0.05, 0.1) is 11.7 Å². The van der Waals surface area contributed by atoms with Gasteiger partial charge in [0.2, 0.25) is 15.9 Å². The number of hydrogen-bond donors (Lipinski definition) is 2. The third kappa shape index (κ3) is 3.51. The first-order chi connectivity index (χ1) is 12.2. The molecule has 0 unspecified atom stereocenters. The van der Waals surface area contributed by atoms with Gasteiger partial charge in [0.15, 0.2) is 5.76 Å². The summed E-state index contributed by atoms with van der Waals surface area (Å²) in [5.41, 5.74) is 1.21. The normalized spacial score (nSPS) is 16.3. The van der Waals surface area contributed by atoms with Gasteiger partial charge in [0.25, 0.3) is 0 Å². The molecule has 0 aliphatic heterocycles. The van der Waals surface area contributed by atoms with Crippen molar-refractivity contribution in [3.05, 3.63) is 23.2 Å². The Labute approximate surface area is 152 Å². The second kappa shape index (κ2) is 6.84. The van der Waals surface area contributed by atoms with E-state index in [-0.39, 0.29) is 16.3 Å². The molecular weight excluding hydrogens is 358 g/mol. The SMILES string of the molecule is Cc1noc(C)c1S(=O)(=O)N[C@@H](C)C(=O)Nc1cc(C2CCC2)nn1C. The number of amides is 1. The van der Waals surface area contributed by atoms with E-state index in [1.807, 2.05) is 6.07 Å².